The van der Waals surface area contributed by atoms with Crippen molar-refractivity contribution in [2.24, 2.45) is 4.99 Å². The highest BCUT2D eigenvalue weighted by Crippen LogP contribution is 2.11. The number of aliphatic imine (C=N–C) groups is 1. The Hall–Kier alpha value is -1.44. The molecule has 78 valence electrons. The third-order valence-corrected chi connectivity index (χ3v) is 2.67. The van der Waals surface area contributed by atoms with E-state index in [9.17, 15) is 4.79 Å². The average Bonchev–Trinajstić information content (AvgIpc) is 2.31. The molecule has 0 saturated carbocycles. The van der Waals surface area contributed by atoms with E-state index in [0.29, 0.717) is 6.42 Å². The lowest BCUT2D eigenvalue weighted by Gasteiger charge is -2.10. The normalized spacial score (nSPS) is 15.9. The van der Waals surface area contributed by atoms with Gasteiger partial charge in [0.1, 0.15) is 0 Å². The predicted molar refractivity (Wildman–Crippen MR) is 61.5 cm³/mol. The summed E-state index contributed by atoms with van der Waals surface area (Å²) in [6.07, 6.45) is 3.85. The second-order valence-corrected chi connectivity index (χ2v) is 3.87. The molecule has 0 unspecified atom stereocenters. The van der Waals surface area contributed by atoms with Crippen LogP contribution in [0.5, 0.6) is 0 Å². The molecule has 0 radical (unpaired) electrons. The summed E-state index contributed by atoms with van der Waals surface area (Å²) < 4.78 is 0. The molecule has 0 aliphatic carbocycles. The Labute approximate surface area is 90.0 Å². The summed E-state index contributed by atoms with van der Waals surface area (Å²) in [6, 6.07) is 9.46. The number of Topliss-reactive ketones (excluding diaryl/α,β-unsaturated/α-hetero) is 1. The van der Waals surface area contributed by atoms with E-state index in [0.717, 1.165) is 24.2 Å². The summed E-state index contributed by atoms with van der Waals surface area (Å²) in [5.74, 6) is 0.191. The number of carbonyl (C=O) groups is 1. The minimum absolute atomic E-state index is 0.191. The maximum Gasteiger partial charge on any atom is 0.168 e. The zero-order chi connectivity index (χ0) is 10.5. The minimum atomic E-state index is 0.191. The van der Waals surface area contributed by atoms with Gasteiger partial charge in [-0.05, 0) is 19.3 Å². The van der Waals surface area contributed by atoms with E-state index in [1.807, 2.05) is 30.3 Å². The first kappa shape index (κ1) is 10.1. The summed E-state index contributed by atoms with van der Waals surface area (Å²) in [5, 5.41) is 0. The molecule has 0 N–H and O–H groups in total. The highest BCUT2D eigenvalue weighted by molar-refractivity contribution is 6.09. The molecule has 0 bridgehead atoms. The number of rotatable bonds is 3. The molecule has 1 aromatic rings. The summed E-state index contributed by atoms with van der Waals surface area (Å²) >= 11 is 0. The van der Waals surface area contributed by atoms with Crippen molar-refractivity contribution in [1.29, 1.82) is 0 Å². The van der Waals surface area contributed by atoms with Gasteiger partial charge in [0.2, 0.25) is 0 Å². The molecule has 0 aromatic heterocycles. The van der Waals surface area contributed by atoms with Gasteiger partial charge < -0.3 is 0 Å². The molecule has 2 heteroatoms. The van der Waals surface area contributed by atoms with Gasteiger partial charge in [0.25, 0.3) is 0 Å². The molecule has 15 heavy (non-hydrogen) atoms. The first-order valence-electron chi connectivity index (χ1n) is 5.47. The highest BCUT2D eigenvalue weighted by atomic mass is 16.1. The van der Waals surface area contributed by atoms with Crippen LogP contribution in [-0.4, -0.2) is 18.0 Å². The number of carbonyl (C=O) groups excluding carboxylic acids is 1. The Bertz CT molecular complexity index is 367. The van der Waals surface area contributed by atoms with Crippen molar-refractivity contribution in [3.05, 3.63) is 35.9 Å². The highest BCUT2D eigenvalue weighted by Gasteiger charge is 2.11. The van der Waals surface area contributed by atoms with Gasteiger partial charge in [0.05, 0.1) is 0 Å². The fraction of sp³-hybridized carbons (Fsp3) is 0.385. The molecule has 0 spiro atoms. The van der Waals surface area contributed by atoms with Crippen LogP contribution >= 0.6 is 0 Å². The molecule has 2 nitrogen and oxygen atoms in total. The summed E-state index contributed by atoms with van der Waals surface area (Å²) in [5.41, 5.74) is 1.88. The molecule has 0 amide bonds. The largest absolute Gasteiger partial charge is 0.294 e. The molecule has 0 atom stereocenters. The van der Waals surface area contributed by atoms with Crippen molar-refractivity contribution < 1.29 is 4.79 Å². The zero-order valence-corrected chi connectivity index (χ0v) is 8.78. The molecule has 1 aromatic carbocycles. The Morgan fingerprint density at radius 2 is 2.00 bits per heavy atom. The monoisotopic (exact) mass is 201 g/mol. The van der Waals surface area contributed by atoms with Crippen molar-refractivity contribution in [3.63, 3.8) is 0 Å². The van der Waals surface area contributed by atoms with Gasteiger partial charge in [-0.15, -0.1) is 0 Å². The Kier molecular flexibility index (Phi) is 3.28. The molecule has 0 saturated heterocycles. The number of benzene rings is 1. The maximum atomic E-state index is 11.8. The van der Waals surface area contributed by atoms with Gasteiger partial charge in [-0.3, -0.25) is 9.79 Å². The van der Waals surface area contributed by atoms with Gasteiger partial charge in [-0.2, -0.15) is 0 Å². The van der Waals surface area contributed by atoms with E-state index in [1.165, 1.54) is 12.8 Å². The number of nitrogens with zero attached hydrogens (tertiary/aromatic N) is 1. The van der Waals surface area contributed by atoms with Gasteiger partial charge in [-0.1, -0.05) is 30.3 Å². The average molecular weight is 201 g/mol. The summed E-state index contributed by atoms with van der Waals surface area (Å²) in [7, 11) is 0. The van der Waals surface area contributed by atoms with Crippen molar-refractivity contribution in [1.82, 2.24) is 0 Å². The number of ketones is 1. The summed E-state index contributed by atoms with van der Waals surface area (Å²) in [4.78, 5) is 16.2. The van der Waals surface area contributed by atoms with E-state index < -0.39 is 0 Å². The number of hydrogen-bond donors (Lipinski definition) is 0. The van der Waals surface area contributed by atoms with Crippen LogP contribution in [0.3, 0.4) is 0 Å². The smallest absolute Gasteiger partial charge is 0.168 e. The minimum Gasteiger partial charge on any atom is -0.294 e. The molecule has 0 fully saturated rings. The molecule has 1 aliphatic heterocycles. The molecule has 1 heterocycles. The summed E-state index contributed by atoms with van der Waals surface area (Å²) in [6.45, 7) is 0.900. The van der Waals surface area contributed by atoms with E-state index in [-0.39, 0.29) is 5.78 Å². The molecule has 2 rings (SSSR count). The van der Waals surface area contributed by atoms with Gasteiger partial charge in [-0.25, -0.2) is 0 Å². The first-order chi connectivity index (χ1) is 7.36. The second-order valence-electron chi connectivity index (χ2n) is 3.87. The van der Waals surface area contributed by atoms with Gasteiger partial charge in [0.15, 0.2) is 5.78 Å². The third-order valence-electron chi connectivity index (χ3n) is 2.67. The van der Waals surface area contributed by atoms with Crippen molar-refractivity contribution in [3.8, 4) is 0 Å². The van der Waals surface area contributed by atoms with Crippen LogP contribution in [0.25, 0.3) is 0 Å². The molecular formula is C13H15NO. The van der Waals surface area contributed by atoms with Crippen LogP contribution in [0, 0.1) is 0 Å². The van der Waals surface area contributed by atoms with Gasteiger partial charge in [0, 0.05) is 24.2 Å². The van der Waals surface area contributed by atoms with Crippen LogP contribution in [0.1, 0.15) is 36.0 Å². The topological polar surface area (TPSA) is 29.4 Å². The first-order valence-corrected chi connectivity index (χ1v) is 5.47. The van der Waals surface area contributed by atoms with Crippen LogP contribution < -0.4 is 0 Å². The lowest BCUT2D eigenvalue weighted by molar-refractivity contribution is 0.1000. The zero-order valence-electron chi connectivity index (χ0n) is 8.78. The van der Waals surface area contributed by atoms with E-state index in [1.54, 1.807) is 0 Å². The maximum absolute atomic E-state index is 11.8. The van der Waals surface area contributed by atoms with Crippen LogP contribution in [0.4, 0.5) is 0 Å². The Morgan fingerprint density at radius 1 is 1.20 bits per heavy atom. The second kappa shape index (κ2) is 4.87. The third kappa shape index (κ3) is 2.75. The lowest BCUT2D eigenvalue weighted by atomic mass is 10.0. The SMILES string of the molecule is O=C(CC1=NCCCC1)c1ccccc1. The lowest BCUT2D eigenvalue weighted by Crippen LogP contribution is -2.12. The number of hydrogen-bond acceptors (Lipinski definition) is 2. The van der Waals surface area contributed by atoms with Crippen LogP contribution in [0.2, 0.25) is 0 Å². The Morgan fingerprint density at radius 3 is 2.67 bits per heavy atom. The van der Waals surface area contributed by atoms with E-state index in [2.05, 4.69) is 4.99 Å². The van der Waals surface area contributed by atoms with E-state index >= 15 is 0 Å². The van der Waals surface area contributed by atoms with Crippen molar-refractivity contribution >= 4 is 11.5 Å². The van der Waals surface area contributed by atoms with E-state index in [4.69, 9.17) is 0 Å². The van der Waals surface area contributed by atoms with Crippen LogP contribution in [0.15, 0.2) is 35.3 Å². The quantitative estimate of drug-likeness (QED) is 0.691. The Balaban J connectivity index is 2.01. The fourth-order valence-corrected chi connectivity index (χ4v) is 1.81. The standard InChI is InChI=1S/C13H15NO/c15-13(11-6-2-1-3-7-11)10-12-8-4-5-9-14-12/h1-3,6-7H,4-5,8-10H2. The fourth-order valence-electron chi connectivity index (χ4n) is 1.81. The molecule has 1 aliphatic rings. The van der Waals surface area contributed by atoms with Crippen molar-refractivity contribution in [2.75, 3.05) is 6.54 Å². The predicted octanol–water partition coefficient (Wildman–Crippen LogP) is 2.88. The van der Waals surface area contributed by atoms with Crippen molar-refractivity contribution in [2.45, 2.75) is 25.7 Å². The van der Waals surface area contributed by atoms with Crippen LogP contribution in [-0.2, 0) is 0 Å². The van der Waals surface area contributed by atoms with Gasteiger partial charge >= 0.3 is 0 Å². The molecular weight excluding hydrogens is 186 g/mol.